The van der Waals surface area contributed by atoms with E-state index in [1.165, 1.54) is 11.3 Å². The van der Waals surface area contributed by atoms with Crippen molar-refractivity contribution in [3.05, 3.63) is 109 Å². The smallest absolute Gasteiger partial charge is 0.338 e. The van der Waals surface area contributed by atoms with Crippen molar-refractivity contribution in [2.75, 3.05) is 13.7 Å². The summed E-state index contributed by atoms with van der Waals surface area (Å²) in [6.45, 7) is 3.80. The van der Waals surface area contributed by atoms with E-state index in [2.05, 4.69) is 4.99 Å². The molecule has 0 saturated heterocycles. The molecule has 1 atom stereocenters. The number of hydrogen-bond donors (Lipinski definition) is 0. The molecule has 5 rings (SSSR count). The molecule has 0 aliphatic carbocycles. The van der Waals surface area contributed by atoms with Crippen LogP contribution in [0.2, 0.25) is 0 Å². The van der Waals surface area contributed by atoms with Crippen LogP contribution in [0.25, 0.3) is 16.8 Å². The Bertz CT molecular complexity index is 1640. The van der Waals surface area contributed by atoms with Crippen LogP contribution in [0.1, 0.15) is 31.0 Å². The summed E-state index contributed by atoms with van der Waals surface area (Å²) in [5.74, 6) is 0.283. The number of ether oxygens (including phenoxy) is 2. The topological polar surface area (TPSA) is 69.9 Å². The highest BCUT2D eigenvalue weighted by molar-refractivity contribution is 7.07. The molecule has 0 unspecified atom stereocenters. The second-order valence-electron chi connectivity index (χ2n) is 8.14. The van der Waals surface area contributed by atoms with E-state index < -0.39 is 12.0 Å². The molecule has 0 radical (unpaired) electrons. The number of esters is 1. The highest BCUT2D eigenvalue weighted by Gasteiger charge is 2.34. The molecule has 35 heavy (non-hydrogen) atoms. The molecule has 1 aliphatic rings. The first-order valence-corrected chi connectivity index (χ1v) is 12.1. The molecule has 0 saturated carbocycles. The van der Waals surface area contributed by atoms with Gasteiger partial charge >= 0.3 is 5.97 Å². The molecular weight excluding hydrogens is 460 g/mol. The van der Waals surface area contributed by atoms with Gasteiger partial charge in [0.25, 0.3) is 5.56 Å². The van der Waals surface area contributed by atoms with E-state index in [0.717, 1.165) is 27.6 Å². The van der Waals surface area contributed by atoms with Crippen molar-refractivity contribution in [1.82, 2.24) is 4.57 Å². The summed E-state index contributed by atoms with van der Waals surface area (Å²) in [5, 5.41) is 2.00. The quantitative estimate of drug-likeness (QED) is 0.402. The minimum Gasteiger partial charge on any atom is -0.497 e. The van der Waals surface area contributed by atoms with E-state index in [-0.39, 0.29) is 12.2 Å². The average Bonchev–Trinajstić information content (AvgIpc) is 3.17. The summed E-state index contributed by atoms with van der Waals surface area (Å²) >= 11 is 1.31. The third-order valence-corrected chi connectivity index (χ3v) is 7.03. The fourth-order valence-corrected chi connectivity index (χ4v) is 5.47. The monoisotopic (exact) mass is 484 g/mol. The lowest BCUT2D eigenvalue weighted by Crippen LogP contribution is -2.40. The molecule has 1 aromatic heterocycles. The highest BCUT2D eigenvalue weighted by Crippen LogP contribution is 2.34. The van der Waals surface area contributed by atoms with Gasteiger partial charge in [0.2, 0.25) is 0 Å². The Morgan fingerprint density at radius 1 is 1.09 bits per heavy atom. The van der Waals surface area contributed by atoms with E-state index >= 15 is 0 Å². The largest absolute Gasteiger partial charge is 0.497 e. The van der Waals surface area contributed by atoms with Crippen molar-refractivity contribution in [3.8, 4) is 5.75 Å². The van der Waals surface area contributed by atoms with Crippen molar-refractivity contribution in [3.63, 3.8) is 0 Å². The van der Waals surface area contributed by atoms with Gasteiger partial charge in [-0.3, -0.25) is 9.36 Å². The molecule has 0 fully saturated rings. The van der Waals surface area contributed by atoms with Gasteiger partial charge in [0.05, 0.1) is 35.6 Å². The minimum atomic E-state index is -0.644. The molecule has 0 spiro atoms. The minimum absolute atomic E-state index is 0.197. The van der Waals surface area contributed by atoms with Gasteiger partial charge in [-0.1, -0.05) is 65.9 Å². The molecule has 176 valence electrons. The Morgan fingerprint density at radius 2 is 1.83 bits per heavy atom. The maximum atomic E-state index is 13.8. The first-order valence-electron chi connectivity index (χ1n) is 11.3. The van der Waals surface area contributed by atoms with Gasteiger partial charge in [-0.05, 0) is 54.0 Å². The number of benzene rings is 3. The molecule has 3 aromatic carbocycles. The Hall–Kier alpha value is -3.97. The zero-order valence-corrected chi connectivity index (χ0v) is 20.5. The van der Waals surface area contributed by atoms with Crippen LogP contribution in [-0.4, -0.2) is 24.3 Å². The SMILES string of the molecule is CCOC(=O)C1=C(C)N=c2sc(=Cc3ccc(OC)cc3)c(=O)n2[C@H]1c1cccc2ccccc12. The Balaban J connectivity index is 1.77. The lowest BCUT2D eigenvalue weighted by Gasteiger charge is -2.25. The number of rotatable bonds is 5. The number of carbonyl (C=O) groups is 1. The van der Waals surface area contributed by atoms with Crippen LogP contribution >= 0.6 is 11.3 Å². The standard InChI is InChI=1S/C28H24N2O4S/c1-4-34-27(32)24-17(2)29-28-30(25(24)22-11-7-9-19-8-5-6-10-21(19)22)26(31)23(35-28)16-18-12-14-20(33-3)15-13-18/h5-16,25H,4H2,1-3H3/t25-/m0/s1. The first kappa shape index (κ1) is 22.8. The van der Waals surface area contributed by atoms with Gasteiger partial charge in [-0.15, -0.1) is 0 Å². The number of carbonyl (C=O) groups excluding carboxylic acids is 1. The lowest BCUT2D eigenvalue weighted by atomic mass is 9.91. The van der Waals surface area contributed by atoms with Gasteiger partial charge in [-0.2, -0.15) is 0 Å². The van der Waals surface area contributed by atoms with Crippen LogP contribution in [0.4, 0.5) is 0 Å². The molecule has 6 nitrogen and oxygen atoms in total. The van der Waals surface area contributed by atoms with Crippen LogP contribution in [0.3, 0.4) is 0 Å². The highest BCUT2D eigenvalue weighted by atomic mass is 32.1. The Morgan fingerprint density at radius 3 is 2.57 bits per heavy atom. The predicted octanol–water partition coefficient (Wildman–Crippen LogP) is 3.96. The molecule has 1 aliphatic heterocycles. The van der Waals surface area contributed by atoms with E-state index in [9.17, 15) is 9.59 Å². The maximum absolute atomic E-state index is 13.8. The van der Waals surface area contributed by atoms with Crippen molar-refractivity contribution in [2.45, 2.75) is 19.9 Å². The second-order valence-corrected chi connectivity index (χ2v) is 9.15. The van der Waals surface area contributed by atoms with Gasteiger partial charge < -0.3 is 9.47 Å². The summed E-state index contributed by atoms with van der Waals surface area (Å²) in [5.41, 5.74) is 2.47. The van der Waals surface area contributed by atoms with Crippen molar-refractivity contribution in [2.24, 2.45) is 4.99 Å². The third kappa shape index (κ3) is 4.08. The van der Waals surface area contributed by atoms with Crippen LogP contribution in [0, 0.1) is 0 Å². The first-order chi connectivity index (χ1) is 17.0. The van der Waals surface area contributed by atoms with Crippen LogP contribution in [0.15, 0.2) is 87.8 Å². The molecule has 0 bridgehead atoms. The Labute approximate surface area is 206 Å². The molecule has 2 heterocycles. The maximum Gasteiger partial charge on any atom is 0.338 e. The number of hydrogen-bond acceptors (Lipinski definition) is 6. The van der Waals surface area contributed by atoms with Gasteiger partial charge in [-0.25, -0.2) is 9.79 Å². The van der Waals surface area contributed by atoms with Crippen LogP contribution in [-0.2, 0) is 9.53 Å². The summed E-state index contributed by atoms with van der Waals surface area (Å²) in [7, 11) is 1.61. The zero-order valence-electron chi connectivity index (χ0n) is 19.6. The normalized spacial score (nSPS) is 15.6. The van der Waals surface area contributed by atoms with Crippen molar-refractivity contribution in [1.29, 1.82) is 0 Å². The molecule has 0 N–H and O–H groups in total. The van der Waals surface area contributed by atoms with Gasteiger partial charge in [0.15, 0.2) is 4.80 Å². The van der Waals surface area contributed by atoms with E-state index in [1.54, 1.807) is 25.5 Å². The number of allylic oxidation sites excluding steroid dienone is 1. The third-order valence-electron chi connectivity index (χ3n) is 6.05. The predicted molar refractivity (Wildman–Crippen MR) is 137 cm³/mol. The summed E-state index contributed by atoms with van der Waals surface area (Å²) in [4.78, 5) is 32.1. The number of aromatic nitrogens is 1. The number of nitrogens with zero attached hydrogens (tertiary/aromatic N) is 2. The lowest BCUT2D eigenvalue weighted by molar-refractivity contribution is -0.139. The second kappa shape index (κ2) is 9.35. The summed E-state index contributed by atoms with van der Waals surface area (Å²) in [6.07, 6.45) is 1.84. The van der Waals surface area contributed by atoms with Crippen molar-refractivity contribution < 1.29 is 14.3 Å². The molecule has 4 aromatic rings. The fraction of sp³-hybridized carbons (Fsp3) is 0.179. The fourth-order valence-electron chi connectivity index (χ4n) is 4.43. The molecule has 0 amide bonds. The van der Waals surface area contributed by atoms with Gasteiger partial charge in [0, 0.05) is 0 Å². The van der Waals surface area contributed by atoms with E-state index in [4.69, 9.17) is 9.47 Å². The zero-order chi connectivity index (χ0) is 24.5. The van der Waals surface area contributed by atoms with Crippen LogP contribution in [0.5, 0.6) is 5.75 Å². The number of thiazole rings is 1. The average molecular weight is 485 g/mol. The van der Waals surface area contributed by atoms with E-state index in [1.807, 2.05) is 72.8 Å². The molecule has 7 heteroatoms. The summed E-state index contributed by atoms with van der Waals surface area (Å²) < 4.78 is 12.8. The number of methoxy groups -OCH3 is 1. The molecular formula is C28H24N2O4S. The number of fused-ring (bicyclic) bond motifs is 2. The van der Waals surface area contributed by atoms with Gasteiger partial charge in [0.1, 0.15) is 5.75 Å². The van der Waals surface area contributed by atoms with E-state index in [0.29, 0.717) is 20.6 Å². The van der Waals surface area contributed by atoms with Crippen molar-refractivity contribution >= 4 is 34.2 Å². The Kier molecular flexibility index (Phi) is 6.09. The van der Waals surface area contributed by atoms with Crippen LogP contribution < -0.4 is 19.6 Å². The summed E-state index contributed by atoms with van der Waals surface area (Å²) in [6, 6.07) is 20.7.